The first kappa shape index (κ1) is 32.8. The van der Waals surface area contributed by atoms with Crippen molar-refractivity contribution in [2.24, 2.45) is 0 Å². The van der Waals surface area contributed by atoms with E-state index in [1.54, 1.807) is 0 Å². The summed E-state index contributed by atoms with van der Waals surface area (Å²) in [4.78, 5) is 0. The number of hydrogen-bond acceptors (Lipinski definition) is 1. The first-order chi connectivity index (χ1) is 25.9. The highest BCUT2D eigenvalue weighted by molar-refractivity contribution is 6.91. The van der Waals surface area contributed by atoms with Crippen LogP contribution in [0.25, 0.3) is 60.9 Å². The number of hydrogen-bond donors (Lipinski definition) is 0. The number of benzene rings is 7. The number of rotatable bonds is 7. The van der Waals surface area contributed by atoms with Gasteiger partial charge in [-0.2, -0.15) is 0 Å². The van der Waals surface area contributed by atoms with Crippen molar-refractivity contribution in [3.63, 3.8) is 0 Å². The van der Waals surface area contributed by atoms with Crippen LogP contribution in [0.4, 0.5) is 0 Å². The van der Waals surface area contributed by atoms with Crippen molar-refractivity contribution in [2.75, 3.05) is 0 Å². The minimum atomic E-state index is 0.0528. The van der Waals surface area contributed by atoms with Crippen molar-refractivity contribution in [1.82, 2.24) is 0 Å². The summed E-state index contributed by atoms with van der Waals surface area (Å²) in [6.45, 7) is 7.08. The Bertz CT molecular complexity index is 2600. The van der Waals surface area contributed by atoms with Crippen molar-refractivity contribution < 1.29 is 4.42 Å². The summed E-state index contributed by atoms with van der Waals surface area (Å²) in [5, 5.41) is 2.30. The Hall–Kier alpha value is -6.12. The molecule has 0 amide bonds. The number of fused-ring (bicyclic) bond motifs is 4. The maximum Gasteiger partial charge on any atom is 0.236 e. The smallest absolute Gasteiger partial charge is 0.236 e. The Kier molecular flexibility index (Phi) is 8.32. The Labute approximate surface area is 313 Å². The molecule has 0 saturated carbocycles. The molecule has 1 heterocycles. The van der Waals surface area contributed by atoms with Gasteiger partial charge in [0.2, 0.25) is 6.71 Å². The Morgan fingerprint density at radius 1 is 0.528 bits per heavy atom. The van der Waals surface area contributed by atoms with E-state index in [9.17, 15) is 0 Å². The maximum absolute atomic E-state index is 6.13. The minimum Gasteiger partial charge on any atom is -0.456 e. The van der Waals surface area contributed by atoms with Crippen LogP contribution < -0.4 is 10.9 Å². The molecule has 8 aromatic rings. The molecule has 1 aliphatic carbocycles. The van der Waals surface area contributed by atoms with E-state index in [0.717, 1.165) is 28.4 Å². The van der Waals surface area contributed by atoms with Gasteiger partial charge in [0, 0.05) is 10.8 Å². The fraction of sp³-hybridized carbons (Fsp3) is 0.0980. The van der Waals surface area contributed by atoms with Gasteiger partial charge in [-0.3, -0.25) is 0 Å². The van der Waals surface area contributed by atoms with Gasteiger partial charge in [-0.25, -0.2) is 0 Å². The van der Waals surface area contributed by atoms with Gasteiger partial charge in [0.15, 0.2) is 0 Å². The molecule has 1 aliphatic rings. The molecule has 2 heteroatoms. The van der Waals surface area contributed by atoms with E-state index >= 15 is 0 Å². The summed E-state index contributed by atoms with van der Waals surface area (Å²) in [7, 11) is 0. The first-order valence-electron chi connectivity index (χ1n) is 18.7. The second-order valence-corrected chi connectivity index (χ2v) is 15.1. The fourth-order valence-corrected chi connectivity index (χ4v) is 8.40. The molecule has 9 rings (SSSR count). The lowest BCUT2D eigenvalue weighted by molar-refractivity contribution is 0.563. The van der Waals surface area contributed by atoms with Crippen molar-refractivity contribution in [1.29, 1.82) is 0 Å². The van der Waals surface area contributed by atoms with Crippen LogP contribution in [0.2, 0.25) is 0 Å². The summed E-state index contributed by atoms with van der Waals surface area (Å²) in [5.41, 5.74) is 17.3. The molecule has 0 spiro atoms. The lowest BCUT2D eigenvalue weighted by Gasteiger charge is -2.19. The summed E-state index contributed by atoms with van der Waals surface area (Å²) >= 11 is 0. The molecule has 0 saturated heterocycles. The molecule has 0 atom stereocenters. The van der Waals surface area contributed by atoms with Gasteiger partial charge in [-0.15, -0.1) is 0 Å². The molecule has 0 unspecified atom stereocenters. The van der Waals surface area contributed by atoms with E-state index in [1.165, 1.54) is 66.5 Å². The highest BCUT2D eigenvalue weighted by Gasteiger charge is 2.32. The van der Waals surface area contributed by atoms with Gasteiger partial charge in [-0.1, -0.05) is 195 Å². The summed E-state index contributed by atoms with van der Waals surface area (Å²) in [6, 6.07) is 61.6. The van der Waals surface area contributed by atoms with Crippen LogP contribution in [0.3, 0.4) is 0 Å². The number of furan rings is 1. The van der Waals surface area contributed by atoms with E-state index in [2.05, 4.69) is 191 Å². The maximum atomic E-state index is 6.13. The molecule has 53 heavy (non-hydrogen) atoms. The van der Waals surface area contributed by atoms with Crippen LogP contribution in [0.5, 0.6) is 0 Å². The van der Waals surface area contributed by atoms with Gasteiger partial charge >= 0.3 is 0 Å². The van der Waals surface area contributed by atoms with Crippen LogP contribution >= 0.6 is 0 Å². The monoisotopic (exact) mass is 680 g/mol. The lowest BCUT2D eigenvalue weighted by atomic mass is 9.36. The van der Waals surface area contributed by atoms with Crippen LogP contribution in [0.1, 0.15) is 38.3 Å². The standard InChI is InChI=1S/C51H41BO/c1-35(22-23-40-34-51(2,3)48-20-12-10-18-45(40)48)52(44-31-41(36-14-6-4-7-15-36)30-42(32-44)37-16-8-5-9-17-37)43-27-24-38(25-28-43)39-26-29-50-47(33-39)46-19-11-13-21-49(46)53-50/h4-33H,34H2,1-3H3/b35-22+,40-23+. The van der Waals surface area contributed by atoms with Gasteiger partial charge in [0.25, 0.3) is 0 Å². The minimum absolute atomic E-state index is 0.0528. The van der Waals surface area contributed by atoms with Gasteiger partial charge < -0.3 is 4.42 Å². The van der Waals surface area contributed by atoms with Crippen LogP contribution in [0.15, 0.2) is 192 Å². The number of allylic oxidation sites excluding steroid dienone is 4. The Morgan fingerprint density at radius 2 is 1.11 bits per heavy atom. The number of para-hydroxylation sites is 1. The van der Waals surface area contributed by atoms with Crippen molar-refractivity contribution in [2.45, 2.75) is 32.6 Å². The zero-order valence-corrected chi connectivity index (χ0v) is 30.5. The molecule has 254 valence electrons. The third kappa shape index (κ3) is 6.25. The molecule has 0 radical (unpaired) electrons. The predicted octanol–water partition coefficient (Wildman–Crippen LogP) is 12.4. The van der Waals surface area contributed by atoms with E-state index in [1.807, 2.05) is 12.1 Å². The van der Waals surface area contributed by atoms with E-state index in [0.29, 0.717) is 0 Å². The molecule has 1 aromatic heterocycles. The second-order valence-electron chi connectivity index (χ2n) is 15.1. The normalized spacial score (nSPS) is 14.5. The highest BCUT2D eigenvalue weighted by atomic mass is 16.3. The molecule has 1 nitrogen and oxygen atoms in total. The molecular weight excluding hydrogens is 639 g/mol. The lowest BCUT2D eigenvalue weighted by Crippen LogP contribution is -2.43. The summed E-state index contributed by atoms with van der Waals surface area (Å²) < 4.78 is 6.13. The Morgan fingerprint density at radius 3 is 1.83 bits per heavy atom. The highest BCUT2D eigenvalue weighted by Crippen LogP contribution is 2.45. The molecule has 7 aromatic carbocycles. The van der Waals surface area contributed by atoms with E-state index in [-0.39, 0.29) is 12.1 Å². The summed E-state index contributed by atoms with van der Waals surface area (Å²) in [5.74, 6) is 0. The van der Waals surface area contributed by atoms with Gasteiger partial charge in [0.05, 0.1) is 0 Å². The molecule has 0 bridgehead atoms. The average Bonchev–Trinajstić information content (AvgIpc) is 3.71. The molecule has 0 fully saturated rings. The Balaban J connectivity index is 1.17. The van der Waals surface area contributed by atoms with Crippen LogP contribution in [-0.4, -0.2) is 6.71 Å². The van der Waals surface area contributed by atoms with Crippen molar-refractivity contribution >= 4 is 45.1 Å². The molecule has 0 N–H and O–H groups in total. The summed E-state index contributed by atoms with van der Waals surface area (Å²) in [6.07, 6.45) is 5.79. The zero-order valence-electron chi connectivity index (χ0n) is 30.5. The quantitative estimate of drug-likeness (QED) is 0.153. The third-order valence-electron chi connectivity index (χ3n) is 11.1. The molecule has 0 aliphatic heterocycles. The van der Waals surface area contributed by atoms with Gasteiger partial charge in [0.1, 0.15) is 11.2 Å². The first-order valence-corrected chi connectivity index (χ1v) is 18.7. The predicted molar refractivity (Wildman–Crippen MR) is 227 cm³/mol. The second kappa shape index (κ2) is 13.5. The van der Waals surface area contributed by atoms with Gasteiger partial charge in [-0.05, 0) is 86.2 Å². The van der Waals surface area contributed by atoms with Crippen LogP contribution in [-0.2, 0) is 5.41 Å². The fourth-order valence-electron chi connectivity index (χ4n) is 8.40. The van der Waals surface area contributed by atoms with Crippen molar-refractivity contribution in [3.8, 4) is 33.4 Å². The third-order valence-corrected chi connectivity index (χ3v) is 11.1. The van der Waals surface area contributed by atoms with Crippen LogP contribution in [0, 0.1) is 0 Å². The topological polar surface area (TPSA) is 13.1 Å². The van der Waals surface area contributed by atoms with E-state index in [4.69, 9.17) is 4.42 Å². The average molecular weight is 681 g/mol. The zero-order chi connectivity index (χ0) is 35.9. The van der Waals surface area contributed by atoms with Crippen molar-refractivity contribution in [3.05, 3.63) is 199 Å². The SMILES string of the molecule is C/C(=C\C=C1/CC(C)(C)c2ccccc21)B(c1ccc(-c2ccc3oc4ccccc4c3c2)cc1)c1cc(-c2ccccc2)cc(-c2ccccc2)c1. The molecular formula is C51H41BO. The van der Waals surface area contributed by atoms with E-state index < -0.39 is 0 Å². The largest absolute Gasteiger partial charge is 0.456 e.